The topological polar surface area (TPSA) is 51.6 Å². The van der Waals surface area contributed by atoms with Crippen molar-refractivity contribution in [2.24, 2.45) is 0 Å². The summed E-state index contributed by atoms with van der Waals surface area (Å²) in [4.78, 5) is 19.9. The maximum atomic E-state index is 5.24. The van der Waals surface area contributed by atoms with Crippen molar-refractivity contribution in [3.05, 3.63) is 163 Å². The Morgan fingerprint density at radius 1 is 0.411 bits per heavy atom. The molecule has 0 aliphatic carbocycles. The van der Waals surface area contributed by atoms with Crippen LogP contribution in [-0.2, 0) is 0 Å². The molecule has 5 aromatic carbocycles. The highest BCUT2D eigenvalue weighted by atomic mass is 28.3. The van der Waals surface area contributed by atoms with Crippen LogP contribution in [0.2, 0.25) is 19.6 Å². The molecule has 3 heterocycles. The fourth-order valence-electron chi connectivity index (χ4n) is 7.38. The van der Waals surface area contributed by atoms with Gasteiger partial charge in [-0.3, -0.25) is 9.97 Å². The Morgan fingerprint density at radius 3 is 1.54 bits per heavy atom. The second-order valence-electron chi connectivity index (χ2n) is 16.5. The van der Waals surface area contributed by atoms with Crippen LogP contribution in [0, 0.1) is 0 Å². The van der Waals surface area contributed by atoms with Crippen LogP contribution in [0.1, 0.15) is 50.7 Å². The van der Waals surface area contributed by atoms with E-state index in [1.807, 2.05) is 43.0 Å². The summed E-state index contributed by atoms with van der Waals surface area (Å²) in [6, 6.07) is 45.9. The number of nitrogens with zero attached hydrogens (tertiary/aromatic N) is 4. The predicted molar refractivity (Wildman–Crippen MR) is 239 cm³/mol. The molecule has 3 aromatic heterocycles. The number of pyridine rings is 2. The Balaban J connectivity index is 1.22. The smallest absolute Gasteiger partial charge is 0.160 e. The third-order valence-corrected chi connectivity index (χ3v) is 12.8. The molecule has 0 N–H and O–H groups in total. The highest BCUT2D eigenvalue weighted by molar-refractivity contribution is 6.88. The van der Waals surface area contributed by atoms with Gasteiger partial charge in [0.05, 0.1) is 19.5 Å². The molecule has 8 aromatic rings. The van der Waals surface area contributed by atoms with Crippen LogP contribution in [0.15, 0.2) is 152 Å². The van der Waals surface area contributed by atoms with Crippen molar-refractivity contribution in [1.82, 2.24) is 19.9 Å². The molecule has 56 heavy (non-hydrogen) atoms. The first-order chi connectivity index (χ1) is 27.0. The maximum Gasteiger partial charge on any atom is 0.160 e. The van der Waals surface area contributed by atoms with Gasteiger partial charge in [-0.15, -0.1) is 0 Å². The lowest BCUT2D eigenvalue weighted by Crippen LogP contribution is -2.37. The Labute approximate surface area is 332 Å². The standard InChI is InChI=1S/C51H48N4Si/c1-33(2)37-23-38(34(3)4)25-39(24-37)49-28-50(55-51(54-49)36-13-9-8-10-14-36)48-22-21-45(46-15-11-12-16-47(46)48)43-27-42(31-53-32-43)41-26-40(29-52-30-41)35-17-19-44(20-18-35)56(5,6)7/h8-34H,1-7H3. The quantitative estimate of drug-likeness (QED) is 0.138. The van der Waals surface area contributed by atoms with Gasteiger partial charge in [0.2, 0.25) is 0 Å². The first-order valence-corrected chi connectivity index (χ1v) is 23.2. The second-order valence-corrected chi connectivity index (χ2v) is 21.6. The summed E-state index contributed by atoms with van der Waals surface area (Å²) >= 11 is 0. The zero-order chi connectivity index (χ0) is 39.0. The van der Waals surface area contributed by atoms with E-state index in [1.165, 1.54) is 21.9 Å². The van der Waals surface area contributed by atoms with Crippen molar-refractivity contribution < 1.29 is 0 Å². The summed E-state index contributed by atoms with van der Waals surface area (Å²) in [7, 11) is -1.38. The lowest BCUT2D eigenvalue weighted by atomic mass is 9.91. The maximum absolute atomic E-state index is 5.24. The molecule has 0 unspecified atom stereocenters. The lowest BCUT2D eigenvalue weighted by molar-refractivity contribution is 0.834. The number of fused-ring (bicyclic) bond motifs is 1. The van der Waals surface area contributed by atoms with Gasteiger partial charge in [0, 0.05) is 63.7 Å². The van der Waals surface area contributed by atoms with E-state index in [2.05, 4.69) is 162 Å². The van der Waals surface area contributed by atoms with Gasteiger partial charge in [-0.25, -0.2) is 9.97 Å². The van der Waals surface area contributed by atoms with Crippen molar-refractivity contribution in [3.63, 3.8) is 0 Å². The summed E-state index contributed by atoms with van der Waals surface area (Å²) in [5, 5.41) is 3.72. The molecular formula is C51H48N4Si. The van der Waals surface area contributed by atoms with E-state index in [1.54, 1.807) is 0 Å². The largest absolute Gasteiger partial charge is 0.263 e. The van der Waals surface area contributed by atoms with E-state index >= 15 is 0 Å². The average Bonchev–Trinajstić information content (AvgIpc) is 3.23. The Kier molecular flexibility index (Phi) is 10.0. The van der Waals surface area contributed by atoms with Crippen molar-refractivity contribution in [2.75, 3.05) is 0 Å². The van der Waals surface area contributed by atoms with E-state index in [0.717, 1.165) is 66.7 Å². The molecule has 0 aliphatic heterocycles. The molecule has 0 amide bonds. The number of hydrogen-bond acceptors (Lipinski definition) is 4. The molecule has 0 saturated heterocycles. The molecule has 0 bridgehead atoms. The van der Waals surface area contributed by atoms with E-state index in [4.69, 9.17) is 15.0 Å². The molecule has 8 rings (SSSR count). The lowest BCUT2D eigenvalue weighted by Gasteiger charge is -2.17. The number of benzene rings is 5. The molecule has 0 aliphatic rings. The zero-order valence-electron chi connectivity index (χ0n) is 33.4. The van der Waals surface area contributed by atoms with Gasteiger partial charge in [-0.1, -0.05) is 150 Å². The van der Waals surface area contributed by atoms with Gasteiger partial charge in [0.1, 0.15) is 0 Å². The van der Waals surface area contributed by atoms with Crippen molar-refractivity contribution in [3.8, 4) is 67.3 Å². The highest BCUT2D eigenvalue weighted by Gasteiger charge is 2.18. The van der Waals surface area contributed by atoms with Crippen LogP contribution >= 0.6 is 0 Å². The van der Waals surface area contributed by atoms with Gasteiger partial charge in [-0.2, -0.15) is 0 Å². The van der Waals surface area contributed by atoms with Gasteiger partial charge >= 0.3 is 0 Å². The third-order valence-electron chi connectivity index (χ3n) is 10.8. The highest BCUT2D eigenvalue weighted by Crippen LogP contribution is 2.38. The molecule has 276 valence electrons. The number of hydrogen-bond donors (Lipinski definition) is 0. The molecule has 0 atom stereocenters. The van der Waals surface area contributed by atoms with Crippen LogP contribution in [0.25, 0.3) is 78.1 Å². The first-order valence-electron chi connectivity index (χ1n) is 19.7. The second kappa shape index (κ2) is 15.2. The predicted octanol–water partition coefficient (Wildman–Crippen LogP) is 13.2. The van der Waals surface area contributed by atoms with Crippen molar-refractivity contribution in [1.29, 1.82) is 0 Å². The minimum absolute atomic E-state index is 0.402. The molecule has 0 radical (unpaired) electrons. The normalized spacial score (nSPS) is 11.8. The average molecular weight is 745 g/mol. The Morgan fingerprint density at radius 2 is 0.929 bits per heavy atom. The van der Waals surface area contributed by atoms with Crippen LogP contribution in [0.3, 0.4) is 0 Å². The van der Waals surface area contributed by atoms with Crippen LogP contribution in [0.4, 0.5) is 0 Å². The first kappa shape index (κ1) is 36.9. The fraction of sp³-hybridized carbons (Fsp3) is 0.176. The van der Waals surface area contributed by atoms with Gasteiger partial charge in [-0.05, 0) is 75.2 Å². The van der Waals surface area contributed by atoms with Crippen molar-refractivity contribution >= 4 is 24.0 Å². The summed E-state index contributed by atoms with van der Waals surface area (Å²) in [6.45, 7) is 16.2. The monoisotopic (exact) mass is 744 g/mol. The zero-order valence-corrected chi connectivity index (χ0v) is 34.4. The summed E-state index contributed by atoms with van der Waals surface area (Å²) in [5.74, 6) is 1.52. The van der Waals surface area contributed by atoms with Gasteiger partial charge in [0.15, 0.2) is 5.82 Å². The third kappa shape index (κ3) is 7.60. The number of rotatable bonds is 9. The molecular weight excluding hydrogens is 697 g/mol. The fourth-order valence-corrected chi connectivity index (χ4v) is 8.54. The molecule has 0 fully saturated rings. The van der Waals surface area contributed by atoms with Crippen LogP contribution in [0.5, 0.6) is 0 Å². The van der Waals surface area contributed by atoms with Crippen LogP contribution < -0.4 is 5.19 Å². The minimum Gasteiger partial charge on any atom is -0.263 e. The summed E-state index contributed by atoms with van der Waals surface area (Å²) < 4.78 is 0. The number of aromatic nitrogens is 4. The van der Waals surface area contributed by atoms with Crippen LogP contribution in [-0.4, -0.2) is 28.0 Å². The van der Waals surface area contributed by atoms with E-state index < -0.39 is 8.07 Å². The van der Waals surface area contributed by atoms with E-state index in [0.29, 0.717) is 17.7 Å². The minimum atomic E-state index is -1.38. The summed E-state index contributed by atoms with van der Waals surface area (Å²) in [5.41, 5.74) is 14.1. The van der Waals surface area contributed by atoms with Gasteiger partial charge in [0.25, 0.3) is 0 Å². The van der Waals surface area contributed by atoms with Gasteiger partial charge < -0.3 is 0 Å². The Hall–Kier alpha value is -6.04. The molecule has 4 nitrogen and oxygen atoms in total. The molecule has 0 saturated carbocycles. The Bertz CT molecular complexity index is 2650. The summed E-state index contributed by atoms with van der Waals surface area (Å²) in [6.07, 6.45) is 7.77. The molecule has 5 heteroatoms. The van der Waals surface area contributed by atoms with Crippen molar-refractivity contribution in [2.45, 2.75) is 59.2 Å². The van der Waals surface area contributed by atoms with E-state index in [-0.39, 0.29) is 0 Å². The molecule has 0 spiro atoms. The SMILES string of the molecule is CC(C)c1cc(-c2cc(-c3ccc(-c4cncc(-c5cncc(-c6ccc([Si](C)(C)C)cc6)c5)c4)c4ccccc34)nc(-c3ccccc3)n2)cc(C(C)C)c1. The van der Waals surface area contributed by atoms with E-state index in [9.17, 15) is 0 Å².